The first-order valence-electron chi connectivity index (χ1n) is 7.43. The number of hydrogen-bond acceptors (Lipinski definition) is 5. The van der Waals surface area contributed by atoms with Gasteiger partial charge in [0.05, 0.1) is 6.61 Å². The summed E-state index contributed by atoms with van der Waals surface area (Å²) in [7, 11) is 1.55. The van der Waals surface area contributed by atoms with Gasteiger partial charge in [0.2, 0.25) is 11.8 Å². The minimum Gasteiger partial charge on any atom is -0.486 e. The summed E-state index contributed by atoms with van der Waals surface area (Å²) >= 11 is 0. The van der Waals surface area contributed by atoms with Crippen molar-refractivity contribution in [1.29, 1.82) is 0 Å². The molecule has 1 aromatic carbocycles. The van der Waals surface area contributed by atoms with E-state index in [1.807, 2.05) is 0 Å². The Bertz CT molecular complexity index is 586. The van der Waals surface area contributed by atoms with Gasteiger partial charge in [0, 0.05) is 25.4 Å². The number of carbonyl (C=O) groups excluding carboxylic acids is 2. The number of fused-ring (bicyclic) bond motifs is 1. The number of anilines is 1. The van der Waals surface area contributed by atoms with Gasteiger partial charge in [0.15, 0.2) is 11.5 Å². The summed E-state index contributed by atoms with van der Waals surface area (Å²) in [5, 5.41) is 5.41. The Morgan fingerprint density at radius 3 is 2.57 bits per heavy atom. The highest BCUT2D eigenvalue weighted by Gasteiger charge is 2.36. The highest BCUT2D eigenvalue weighted by atomic mass is 16.6. The minimum absolute atomic E-state index is 0.357. The zero-order chi connectivity index (χ0) is 16.9. The molecule has 2 amide bonds. The molecule has 0 spiro atoms. The van der Waals surface area contributed by atoms with Crippen molar-refractivity contribution in [1.82, 2.24) is 5.32 Å². The number of ether oxygens (including phenoxy) is 3. The van der Waals surface area contributed by atoms with Crippen molar-refractivity contribution < 1.29 is 23.8 Å². The molecule has 0 bridgehead atoms. The van der Waals surface area contributed by atoms with E-state index in [0.717, 1.165) is 0 Å². The third kappa shape index (κ3) is 4.13. The molecule has 0 unspecified atom stereocenters. The molecule has 2 rings (SSSR count). The highest BCUT2D eigenvalue weighted by Crippen LogP contribution is 2.33. The lowest BCUT2D eigenvalue weighted by molar-refractivity contribution is -0.138. The Morgan fingerprint density at radius 1 is 1.17 bits per heavy atom. The maximum Gasteiger partial charge on any atom is 0.239 e. The third-order valence-electron chi connectivity index (χ3n) is 3.53. The fourth-order valence-electron chi connectivity index (χ4n) is 2.00. The largest absolute Gasteiger partial charge is 0.486 e. The number of hydrogen-bond donors (Lipinski definition) is 2. The van der Waals surface area contributed by atoms with Gasteiger partial charge in [0.25, 0.3) is 0 Å². The van der Waals surface area contributed by atoms with Gasteiger partial charge in [-0.05, 0) is 26.0 Å². The average molecular weight is 322 g/mol. The van der Waals surface area contributed by atoms with Crippen LogP contribution in [0.3, 0.4) is 0 Å². The SMILES string of the molecule is COCCNC(=O)C(C)(C)C(=O)Nc1ccc2c(c1)OCCO2. The van der Waals surface area contributed by atoms with Gasteiger partial charge < -0.3 is 24.8 Å². The van der Waals surface area contributed by atoms with E-state index in [1.54, 1.807) is 39.2 Å². The van der Waals surface area contributed by atoms with E-state index in [4.69, 9.17) is 14.2 Å². The Labute approximate surface area is 135 Å². The molecule has 1 aromatic rings. The normalized spacial score (nSPS) is 13.3. The molecule has 0 radical (unpaired) electrons. The molecule has 7 nitrogen and oxygen atoms in total. The van der Waals surface area contributed by atoms with Crippen molar-refractivity contribution in [2.24, 2.45) is 5.41 Å². The molecule has 1 aliphatic heterocycles. The minimum atomic E-state index is -1.21. The van der Waals surface area contributed by atoms with Crippen LogP contribution in [0.15, 0.2) is 18.2 Å². The van der Waals surface area contributed by atoms with E-state index in [1.165, 1.54) is 0 Å². The zero-order valence-electron chi connectivity index (χ0n) is 13.6. The lowest BCUT2D eigenvalue weighted by Crippen LogP contribution is -2.45. The Balaban J connectivity index is 2.01. The van der Waals surface area contributed by atoms with Crippen LogP contribution in [0.1, 0.15) is 13.8 Å². The summed E-state index contributed by atoms with van der Waals surface area (Å²) in [6.45, 7) is 4.87. The van der Waals surface area contributed by atoms with Crippen LogP contribution in [0, 0.1) is 5.41 Å². The van der Waals surface area contributed by atoms with Gasteiger partial charge in [-0.3, -0.25) is 9.59 Å². The van der Waals surface area contributed by atoms with E-state index in [-0.39, 0.29) is 5.91 Å². The van der Waals surface area contributed by atoms with Crippen LogP contribution in [0.5, 0.6) is 11.5 Å². The van der Waals surface area contributed by atoms with Crippen LogP contribution in [0.25, 0.3) is 0 Å². The van der Waals surface area contributed by atoms with Crippen molar-refractivity contribution in [2.45, 2.75) is 13.8 Å². The summed E-state index contributed by atoms with van der Waals surface area (Å²) in [4.78, 5) is 24.5. The highest BCUT2D eigenvalue weighted by molar-refractivity contribution is 6.09. The summed E-state index contributed by atoms with van der Waals surface area (Å²) in [5.74, 6) is 0.468. The molecule has 23 heavy (non-hydrogen) atoms. The van der Waals surface area contributed by atoms with Crippen LogP contribution in [-0.4, -0.2) is 45.3 Å². The van der Waals surface area contributed by atoms with Crippen LogP contribution in [0.2, 0.25) is 0 Å². The van der Waals surface area contributed by atoms with Crippen LogP contribution in [0.4, 0.5) is 5.69 Å². The second-order valence-electron chi connectivity index (χ2n) is 5.69. The van der Waals surface area contributed by atoms with E-state index < -0.39 is 11.3 Å². The van der Waals surface area contributed by atoms with E-state index in [2.05, 4.69) is 10.6 Å². The second-order valence-corrected chi connectivity index (χ2v) is 5.69. The first-order chi connectivity index (χ1) is 10.9. The standard InChI is InChI=1S/C16H22N2O5/c1-16(2,14(19)17-6-7-21-3)15(20)18-11-4-5-12-13(10-11)23-9-8-22-12/h4-5,10H,6-9H2,1-3H3,(H,17,19)(H,18,20). The molecule has 0 saturated heterocycles. The third-order valence-corrected chi connectivity index (χ3v) is 3.53. The quantitative estimate of drug-likeness (QED) is 0.607. The molecular weight excluding hydrogens is 300 g/mol. The lowest BCUT2D eigenvalue weighted by atomic mass is 9.91. The summed E-state index contributed by atoms with van der Waals surface area (Å²) in [5.41, 5.74) is -0.655. The molecule has 7 heteroatoms. The van der Waals surface area contributed by atoms with Crippen molar-refractivity contribution in [3.63, 3.8) is 0 Å². The molecule has 0 atom stereocenters. The summed E-state index contributed by atoms with van der Waals surface area (Å²) in [6, 6.07) is 5.13. The molecule has 1 aliphatic rings. The maximum atomic E-state index is 12.4. The van der Waals surface area contributed by atoms with Gasteiger partial charge in [-0.2, -0.15) is 0 Å². The van der Waals surface area contributed by atoms with Gasteiger partial charge >= 0.3 is 0 Å². The predicted molar refractivity (Wildman–Crippen MR) is 84.7 cm³/mol. The van der Waals surface area contributed by atoms with Crippen molar-refractivity contribution in [3.8, 4) is 11.5 Å². The molecule has 126 valence electrons. The number of amides is 2. The molecule has 0 saturated carbocycles. The Kier molecular flexibility index (Phi) is 5.44. The molecule has 2 N–H and O–H groups in total. The van der Waals surface area contributed by atoms with Gasteiger partial charge in [0.1, 0.15) is 18.6 Å². The Morgan fingerprint density at radius 2 is 1.87 bits per heavy atom. The maximum absolute atomic E-state index is 12.4. The number of rotatable bonds is 6. The predicted octanol–water partition coefficient (Wildman–Crippen LogP) is 1.19. The van der Waals surface area contributed by atoms with Crippen molar-refractivity contribution in [3.05, 3.63) is 18.2 Å². The summed E-state index contributed by atoms with van der Waals surface area (Å²) < 4.78 is 15.8. The van der Waals surface area contributed by atoms with Crippen LogP contribution in [-0.2, 0) is 14.3 Å². The fourth-order valence-corrected chi connectivity index (χ4v) is 2.00. The van der Waals surface area contributed by atoms with Gasteiger partial charge in [-0.1, -0.05) is 0 Å². The smallest absolute Gasteiger partial charge is 0.239 e. The average Bonchev–Trinajstić information content (AvgIpc) is 2.54. The second kappa shape index (κ2) is 7.32. The first-order valence-corrected chi connectivity index (χ1v) is 7.43. The lowest BCUT2D eigenvalue weighted by Gasteiger charge is -2.23. The van der Waals surface area contributed by atoms with Crippen molar-refractivity contribution >= 4 is 17.5 Å². The molecule has 0 fully saturated rings. The molecule has 0 aliphatic carbocycles. The fraction of sp³-hybridized carbons (Fsp3) is 0.500. The van der Waals surface area contributed by atoms with E-state index >= 15 is 0 Å². The van der Waals surface area contributed by atoms with Crippen LogP contribution >= 0.6 is 0 Å². The summed E-state index contributed by atoms with van der Waals surface area (Å²) in [6.07, 6.45) is 0. The Hall–Kier alpha value is -2.28. The number of benzene rings is 1. The van der Waals surface area contributed by atoms with Gasteiger partial charge in [-0.25, -0.2) is 0 Å². The monoisotopic (exact) mass is 322 g/mol. The topological polar surface area (TPSA) is 85.9 Å². The molecule has 0 aromatic heterocycles. The van der Waals surface area contributed by atoms with E-state index in [9.17, 15) is 9.59 Å². The zero-order valence-corrected chi connectivity index (χ0v) is 13.6. The van der Waals surface area contributed by atoms with Gasteiger partial charge in [-0.15, -0.1) is 0 Å². The van der Waals surface area contributed by atoms with Crippen molar-refractivity contribution in [2.75, 3.05) is 38.8 Å². The van der Waals surface area contributed by atoms with Crippen LogP contribution < -0.4 is 20.1 Å². The first kappa shape index (κ1) is 17.1. The van der Waals surface area contributed by atoms with E-state index in [0.29, 0.717) is 43.6 Å². The molecular formula is C16H22N2O5. The molecule has 1 heterocycles. The number of carbonyl (C=O) groups is 2. The number of nitrogens with one attached hydrogen (secondary N) is 2. The number of methoxy groups -OCH3 is 1.